The van der Waals surface area contributed by atoms with Crippen LogP contribution in [0.25, 0.3) is 10.8 Å². The first-order valence-electron chi connectivity index (χ1n) is 9.49. The molecule has 1 heterocycles. The Kier molecular flexibility index (Phi) is 6.07. The highest BCUT2D eigenvalue weighted by Gasteiger charge is 2.21. The summed E-state index contributed by atoms with van der Waals surface area (Å²) < 4.78 is 37.4. The Bertz CT molecular complexity index is 1100. The van der Waals surface area contributed by atoms with Crippen molar-refractivity contribution >= 4 is 26.3 Å². The standard InChI is InChI=1S/C22H28N2O4S/c1-6-28-22-12-16(8-10-21(22)27-4)20(15-29(5,25)26)24-13-17-7-9-19(23(2)3)11-18(17)14-24/h7-14,20H,6,15H2,1-5H3. The third kappa shape index (κ3) is 4.85. The number of aromatic nitrogens is 1. The maximum absolute atomic E-state index is 12.2. The molecule has 3 rings (SSSR count). The van der Waals surface area contributed by atoms with Crippen LogP contribution in [0.1, 0.15) is 18.5 Å². The number of hydrogen-bond donors (Lipinski definition) is 0. The zero-order valence-corrected chi connectivity index (χ0v) is 18.4. The van der Waals surface area contributed by atoms with Crippen LogP contribution in [0, 0.1) is 0 Å². The molecule has 0 saturated carbocycles. The number of sulfone groups is 1. The van der Waals surface area contributed by atoms with E-state index in [9.17, 15) is 8.42 Å². The molecule has 0 radical (unpaired) electrons. The Morgan fingerprint density at radius 3 is 2.38 bits per heavy atom. The molecule has 0 aliphatic rings. The predicted molar refractivity (Wildman–Crippen MR) is 118 cm³/mol. The van der Waals surface area contributed by atoms with E-state index < -0.39 is 9.84 Å². The molecule has 0 aliphatic heterocycles. The van der Waals surface area contributed by atoms with Crippen molar-refractivity contribution in [1.82, 2.24) is 4.57 Å². The Balaban J connectivity index is 2.11. The van der Waals surface area contributed by atoms with Gasteiger partial charge in [-0.3, -0.25) is 0 Å². The highest BCUT2D eigenvalue weighted by molar-refractivity contribution is 7.90. The fourth-order valence-electron chi connectivity index (χ4n) is 3.42. The van der Waals surface area contributed by atoms with Gasteiger partial charge in [-0.2, -0.15) is 0 Å². The van der Waals surface area contributed by atoms with Gasteiger partial charge in [0, 0.05) is 43.8 Å². The second-order valence-electron chi connectivity index (χ2n) is 7.36. The SMILES string of the molecule is CCOc1cc(C(CS(C)(=O)=O)n2cc3ccc(N(C)C)cc3c2)ccc1OC. The number of rotatable bonds is 8. The summed E-state index contributed by atoms with van der Waals surface area (Å²) in [6, 6.07) is 11.4. The smallest absolute Gasteiger partial charge is 0.161 e. The summed E-state index contributed by atoms with van der Waals surface area (Å²) in [6.07, 6.45) is 5.26. The molecule has 0 amide bonds. The topological polar surface area (TPSA) is 60.8 Å². The molecule has 7 heteroatoms. The number of anilines is 1. The summed E-state index contributed by atoms with van der Waals surface area (Å²) in [4.78, 5) is 2.04. The molecular weight excluding hydrogens is 388 g/mol. The molecule has 0 N–H and O–H groups in total. The van der Waals surface area contributed by atoms with Crippen LogP contribution in [0.5, 0.6) is 11.5 Å². The van der Waals surface area contributed by atoms with Crippen LogP contribution >= 0.6 is 0 Å². The average Bonchev–Trinajstić information content (AvgIpc) is 3.08. The van der Waals surface area contributed by atoms with E-state index in [0.717, 1.165) is 22.0 Å². The van der Waals surface area contributed by atoms with Crippen molar-refractivity contribution in [2.24, 2.45) is 0 Å². The van der Waals surface area contributed by atoms with Crippen molar-refractivity contribution in [2.45, 2.75) is 13.0 Å². The van der Waals surface area contributed by atoms with Gasteiger partial charge in [0.1, 0.15) is 9.84 Å². The fraction of sp³-hybridized carbons (Fsp3) is 0.364. The van der Waals surface area contributed by atoms with E-state index in [1.54, 1.807) is 7.11 Å². The quantitative estimate of drug-likeness (QED) is 0.560. The summed E-state index contributed by atoms with van der Waals surface area (Å²) >= 11 is 0. The molecular formula is C22H28N2O4S. The number of nitrogens with zero attached hydrogens (tertiary/aromatic N) is 2. The normalized spacial score (nSPS) is 12.7. The summed E-state index contributed by atoms with van der Waals surface area (Å²) in [5.41, 5.74) is 1.95. The van der Waals surface area contributed by atoms with Crippen LogP contribution in [-0.4, -0.2) is 52.8 Å². The summed E-state index contributed by atoms with van der Waals surface area (Å²) in [7, 11) is 2.36. The largest absolute Gasteiger partial charge is 0.493 e. The average molecular weight is 417 g/mol. The molecule has 0 spiro atoms. The van der Waals surface area contributed by atoms with Gasteiger partial charge in [0.2, 0.25) is 0 Å². The van der Waals surface area contributed by atoms with Gasteiger partial charge < -0.3 is 18.9 Å². The van der Waals surface area contributed by atoms with Crippen molar-refractivity contribution in [3.8, 4) is 11.5 Å². The summed E-state index contributed by atoms with van der Waals surface area (Å²) in [6.45, 7) is 2.40. The Labute approximate surface area is 172 Å². The molecule has 6 nitrogen and oxygen atoms in total. The van der Waals surface area contributed by atoms with Gasteiger partial charge in [0.25, 0.3) is 0 Å². The Morgan fingerprint density at radius 1 is 1.03 bits per heavy atom. The van der Waals surface area contributed by atoms with E-state index in [4.69, 9.17) is 9.47 Å². The molecule has 1 unspecified atom stereocenters. The molecule has 156 valence electrons. The lowest BCUT2D eigenvalue weighted by Crippen LogP contribution is -2.19. The monoisotopic (exact) mass is 416 g/mol. The van der Waals surface area contributed by atoms with E-state index >= 15 is 0 Å². The summed E-state index contributed by atoms with van der Waals surface area (Å²) in [5.74, 6) is 1.23. The van der Waals surface area contributed by atoms with Crippen molar-refractivity contribution < 1.29 is 17.9 Å². The number of hydrogen-bond acceptors (Lipinski definition) is 5. The van der Waals surface area contributed by atoms with Crippen LogP contribution in [0.3, 0.4) is 0 Å². The van der Waals surface area contributed by atoms with E-state index in [-0.39, 0.29) is 11.8 Å². The third-order valence-electron chi connectivity index (χ3n) is 4.86. The van der Waals surface area contributed by atoms with E-state index in [1.807, 2.05) is 61.1 Å². The van der Waals surface area contributed by atoms with Gasteiger partial charge in [-0.05, 0) is 42.1 Å². The molecule has 0 aliphatic carbocycles. The van der Waals surface area contributed by atoms with Gasteiger partial charge in [-0.25, -0.2) is 8.42 Å². The fourth-order valence-corrected chi connectivity index (χ4v) is 4.36. The highest BCUT2D eigenvalue weighted by atomic mass is 32.2. The second-order valence-corrected chi connectivity index (χ2v) is 9.55. The first-order chi connectivity index (χ1) is 13.7. The summed E-state index contributed by atoms with van der Waals surface area (Å²) in [5, 5.41) is 2.13. The van der Waals surface area contributed by atoms with Gasteiger partial charge in [0.05, 0.1) is 25.5 Å². The molecule has 1 aromatic heterocycles. The lowest BCUT2D eigenvalue weighted by atomic mass is 10.1. The number of ether oxygens (including phenoxy) is 2. The number of fused-ring (bicyclic) bond motifs is 1. The van der Waals surface area contributed by atoms with Gasteiger partial charge >= 0.3 is 0 Å². The lowest BCUT2D eigenvalue weighted by molar-refractivity contribution is 0.310. The molecule has 0 bridgehead atoms. The molecule has 29 heavy (non-hydrogen) atoms. The minimum absolute atomic E-state index is 0.00752. The zero-order valence-electron chi connectivity index (χ0n) is 17.5. The van der Waals surface area contributed by atoms with E-state index in [1.165, 1.54) is 6.26 Å². The van der Waals surface area contributed by atoms with Crippen molar-refractivity contribution in [3.63, 3.8) is 0 Å². The van der Waals surface area contributed by atoms with Crippen molar-refractivity contribution in [3.05, 3.63) is 54.4 Å². The second kappa shape index (κ2) is 8.37. The predicted octanol–water partition coefficient (Wildman–Crippen LogP) is 3.75. The molecule has 3 aromatic rings. The van der Waals surface area contributed by atoms with Crippen molar-refractivity contribution in [2.75, 3.05) is 44.7 Å². The zero-order chi connectivity index (χ0) is 21.2. The van der Waals surface area contributed by atoms with Crippen LogP contribution in [0.2, 0.25) is 0 Å². The third-order valence-corrected chi connectivity index (χ3v) is 5.78. The van der Waals surface area contributed by atoms with Crippen molar-refractivity contribution in [1.29, 1.82) is 0 Å². The van der Waals surface area contributed by atoms with Crippen LogP contribution < -0.4 is 14.4 Å². The van der Waals surface area contributed by atoms with Gasteiger partial charge in [-0.1, -0.05) is 12.1 Å². The van der Waals surface area contributed by atoms with Gasteiger partial charge in [-0.15, -0.1) is 0 Å². The van der Waals surface area contributed by atoms with Gasteiger partial charge in [0.15, 0.2) is 11.5 Å². The van der Waals surface area contributed by atoms with Crippen LogP contribution in [0.4, 0.5) is 5.69 Å². The Morgan fingerprint density at radius 2 is 1.76 bits per heavy atom. The minimum atomic E-state index is -3.22. The lowest BCUT2D eigenvalue weighted by Gasteiger charge is -2.20. The Hall–Kier alpha value is -2.67. The first kappa shape index (κ1) is 21.0. The maximum Gasteiger partial charge on any atom is 0.161 e. The van der Waals surface area contributed by atoms with E-state index in [2.05, 4.69) is 18.2 Å². The van der Waals surface area contributed by atoms with Crippen LogP contribution in [-0.2, 0) is 9.84 Å². The molecule has 0 fully saturated rings. The highest BCUT2D eigenvalue weighted by Crippen LogP contribution is 2.33. The van der Waals surface area contributed by atoms with Crippen LogP contribution in [0.15, 0.2) is 48.8 Å². The molecule has 0 saturated heterocycles. The van der Waals surface area contributed by atoms with E-state index in [0.29, 0.717) is 18.1 Å². The maximum atomic E-state index is 12.2. The minimum Gasteiger partial charge on any atom is -0.493 e. The molecule has 2 aromatic carbocycles. The first-order valence-corrected chi connectivity index (χ1v) is 11.5. The molecule has 1 atom stereocenters. The number of methoxy groups -OCH3 is 1. The number of benzene rings is 2.